The summed E-state index contributed by atoms with van der Waals surface area (Å²) in [6.45, 7) is 13.4. The van der Waals surface area contributed by atoms with Crippen LogP contribution in [0.2, 0.25) is 0 Å². The first-order valence-electron chi connectivity index (χ1n) is 10.1. The van der Waals surface area contributed by atoms with Crippen LogP contribution in [0.25, 0.3) is 0 Å². The van der Waals surface area contributed by atoms with Crippen LogP contribution in [0.1, 0.15) is 67.7 Å². The van der Waals surface area contributed by atoms with E-state index in [0.717, 1.165) is 11.1 Å². The summed E-state index contributed by atoms with van der Waals surface area (Å²) in [6, 6.07) is 0. The minimum Gasteiger partial charge on any atom is -0.454 e. The summed E-state index contributed by atoms with van der Waals surface area (Å²) in [7, 11) is 0. The summed E-state index contributed by atoms with van der Waals surface area (Å²) in [4.78, 5) is 35.8. The lowest BCUT2D eigenvalue weighted by Crippen LogP contribution is -2.39. The van der Waals surface area contributed by atoms with E-state index in [2.05, 4.69) is 0 Å². The number of ether oxygens (including phenoxy) is 1. The molecule has 0 bridgehead atoms. The van der Waals surface area contributed by atoms with Gasteiger partial charge in [-0.25, -0.2) is 0 Å². The van der Waals surface area contributed by atoms with Gasteiger partial charge in [0.1, 0.15) is 5.78 Å². The summed E-state index contributed by atoms with van der Waals surface area (Å²) < 4.78 is 5.40. The zero-order chi connectivity index (χ0) is 22.2. The van der Waals surface area contributed by atoms with Crippen molar-refractivity contribution in [2.45, 2.75) is 73.8 Å². The van der Waals surface area contributed by atoms with Gasteiger partial charge >= 0.3 is 5.97 Å². The van der Waals surface area contributed by atoms with Crippen LogP contribution in [0.3, 0.4) is 0 Å². The summed E-state index contributed by atoms with van der Waals surface area (Å²) in [6.07, 6.45) is 11.9. The average Bonchev–Trinajstić information content (AvgIpc) is 2.63. The van der Waals surface area contributed by atoms with Gasteiger partial charge in [0.25, 0.3) is 0 Å². The molecule has 0 heterocycles. The maximum absolute atomic E-state index is 12.8. The Hall–Kier alpha value is -2.49. The van der Waals surface area contributed by atoms with Crippen molar-refractivity contribution in [2.24, 2.45) is 5.41 Å². The van der Waals surface area contributed by atoms with Gasteiger partial charge in [-0.15, -0.1) is 0 Å². The smallest absolute Gasteiger partial charge is 0.306 e. The van der Waals surface area contributed by atoms with Crippen LogP contribution in [0.4, 0.5) is 0 Å². The van der Waals surface area contributed by atoms with Crippen molar-refractivity contribution in [3.63, 3.8) is 0 Å². The molecule has 0 saturated carbocycles. The second-order valence-corrected chi connectivity index (χ2v) is 8.31. The predicted molar refractivity (Wildman–Crippen MR) is 117 cm³/mol. The van der Waals surface area contributed by atoms with Gasteiger partial charge in [0, 0.05) is 12.8 Å². The van der Waals surface area contributed by atoms with Gasteiger partial charge < -0.3 is 9.53 Å². The van der Waals surface area contributed by atoms with Crippen molar-refractivity contribution >= 4 is 17.5 Å². The molecule has 0 spiro atoms. The molecule has 4 nitrogen and oxygen atoms in total. The van der Waals surface area contributed by atoms with Crippen molar-refractivity contribution in [3.8, 4) is 0 Å². The first-order chi connectivity index (χ1) is 13.5. The van der Waals surface area contributed by atoms with Gasteiger partial charge in [-0.3, -0.25) is 9.59 Å². The van der Waals surface area contributed by atoms with Gasteiger partial charge in [0.05, 0.1) is 6.42 Å². The zero-order valence-electron chi connectivity index (χ0n) is 18.8. The Labute approximate surface area is 175 Å². The maximum atomic E-state index is 12.8. The third kappa shape index (κ3) is 7.80. The van der Waals surface area contributed by atoms with Crippen molar-refractivity contribution in [3.05, 3.63) is 58.7 Å². The molecule has 0 aromatic rings. The Morgan fingerprint density at radius 2 is 1.76 bits per heavy atom. The van der Waals surface area contributed by atoms with Crippen LogP contribution in [-0.4, -0.2) is 23.6 Å². The Morgan fingerprint density at radius 3 is 2.34 bits per heavy atom. The SMILES string of the molecule is C/C=C(C)/C=C/C=C(C)/C=C/C1=C(C)C(=O)C(OC(=O)CCC(C)=O)CC1(C)C. The highest BCUT2D eigenvalue weighted by Crippen LogP contribution is 2.40. The highest BCUT2D eigenvalue weighted by Gasteiger charge is 2.39. The number of allylic oxidation sites excluding steroid dienone is 9. The highest BCUT2D eigenvalue weighted by atomic mass is 16.5. The molecule has 1 rings (SSSR count). The minimum absolute atomic E-state index is 0.0132. The highest BCUT2D eigenvalue weighted by molar-refractivity contribution is 6.01. The summed E-state index contributed by atoms with van der Waals surface area (Å²) >= 11 is 0. The molecule has 1 aliphatic rings. The summed E-state index contributed by atoms with van der Waals surface area (Å²) in [5, 5.41) is 0. The second kappa shape index (κ2) is 10.9. The normalized spacial score (nSPS) is 20.7. The molecule has 0 fully saturated rings. The van der Waals surface area contributed by atoms with E-state index >= 15 is 0 Å². The number of rotatable bonds is 8. The second-order valence-electron chi connectivity index (χ2n) is 8.31. The number of esters is 1. The van der Waals surface area contributed by atoms with Crippen LogP contribution in [0.15, 0.2) is 58.7 Å². The van der Waals surface area contributed by atoms with E-state index in [-0.39, 0.29) is 29.8 Å². The van der Waals surface area contributed by atoms with Crippen molar-refractivity contribution in [1.29, 1.82) is 0 Å². The number of hydrogen-bond donors (Lipinski definition) is 0. The molecule has 0 amide bonds. The van der Waals surface area contributed by atoms with E-state index in [1.165, 1.54) is 12.5 Å². The molecule has 0 radical (unpaired) electrons. The molecular formula is C25H34O4. The molecule has 0 N–H and O–H groups in total. The molecule has 0 aromatic carbocycles. The van der Waals surface area contributed by atoms with E-state index in [1.807, 2.05) is 71.1 Å². The average molecular weight is 399 g/mol. The van der Waals surface area contributed by atoms with Crippen LogP contribution < -0.4 is 0 Å². The van der Waals surface area contributed by atoms with E-state index < -0.39 is 12.1 Å². The molecule has 1 aliphatic carbocycles. The van der Waals surface area contributed by atoms with E-state index in [1.54, 1.807) is 6.92 Å². The Balaban J connectivity index is 2.96. The van der Waals surface area contributed by atoms with Crippen molar-refractivity contribution in [1.82, 2.24) is 0 Å². The van der Waals surface area contributed by atoms with E-state index in [9.17, 15) is 14.4 Å². The molecule has 1 unspecified atom stereocenters. The number of hydrogen-bond acceptors (Lipinski definition) is 4. The van der Waals surface area contributed by atoms with Crippen molar-refractivity contribution < 1.29 is 19.1 Å². The topological polar surface area (TPSA) is 60.4 Å². The maximum Gasteiger partial charge on any atom is 0.306 e. The van der Waals surface area contributed by atoms with Crippen LogP contribution >= 0.6 is 0 Å². The fourth-order valence-corrected chi connectivity index (χ4v) is 3.21. The zero-order valence-corrected chi connectivity index (χ0v) is 18.8. The quantitative estimate of drug-likeness (QED) is 0.394. The first-order valence-corrected chi connectivity index (χ1v) is 10.1. The van der Waals surface area contributed by atoms with E-state index in [0.29, 0.717) is 12.0 Å². The summed E-state index contributed by atoms with van der Waals surface area (Å²) in [5.74, 6) is -0.728. The Bertz CT molecular complexity index is 801. The fraction of sp³-hybridized carbons (Fsp3) is 0.480. The standard InChI is InChI=1S/C25H34O4/c1-8-17(2)10-9-11-18(3)12-14-21-20(5)24(28)22(16-25(21,6)7)29-23(27)15-13-19(4)26/h8-12,14,22H,13,15-16H2,1-7H3/b10-9+,14-12+,17-8+,18-11+. The number of Topliss-reactive ketones (excluding diaryl/α,β-unsaturated/α-hetero) is 2. The molecule has 158 valence electrons. The van der Waals surface area contributed by atoms with Crippen molar-refractivity contribution in [2.75, 3.05) is 0 Å². The van der Waals surface area contributed by atoms with Gasteiger partial charge in [-0.05, 0) is 51.2 Å². The monoisotopic (exact) mass is 398 g/mol. The van der Waals surface area contributed by atoms with Gasteiger partial charge in [0.15, 0.2) is 11.9 Å². The molecule has 1 atom stereocenters. The number of carbonyl (C=O) groups is 3. The van der Waals surface area contributed by atoms with Gasteiger partial charge in [0.2, 0.25) is 0 Å². The summed E-state index contributed by atoms with van der Waals surface area (Å²) in [5.41, 5.74) is 3.54. The van der Waals surface area contributed by atoms with Gasteiger partial charge in [-0.1, -0.05) is 61.4 Å². The third-order valence-electron chi connectivity index (χ3n) is 5.13. The molecule has 4 heteroatoms. The molecular weight excluding hydrogens is 364 g/mol. The lowest BCUT2D eigenvalue weighted by atomic mass is 9.71. The van der Waals surface area contributed by atoms with Crippen LogP contribution in [0.5, 0.6) is 0 Å². The van der Waals surface area contributed by atoms with Gasteiger partial charge in [-0.2, -0.15) is 0 Å². The lowest BCUT2D eigenvalue weighted by molar-refractivity contribution is -0.156. The molecule has 0 saturated heterocycles. The van der Waals surface area contributed by atoms with Crippen LogP contribution in [0, 0.1) is 5.41 Å². The lowest BCUT2D eigenvalue weighted by Gasteiger charge is -2.36. The van der Waals surface area contributed by atoms with E-state index in [4.69, 9.17) is 4.74 Å². The van der Waals surface area contributed by atoms with Crippen LogP contribution in [-0.2, 0) is 19.1 Å². The first kappa shape index (κ1) is 24.5. The predicted octanol–water partition coefficient (Wildman–Crippen LogP) is 5.61. The molecule has 0 aliphatic heterocycles. The number of carbonyl (C=O) groups excluding carboxylic acids is 3. The Morgan fingerprint density at radius 1 is 1.10 bits per heavy atom. The molecule has 29 heavy (non-hydrogen) atoms. The third-order valence-corrected chi connectivity index (χ3v) is 5.13. The number of ketones is 2. The Kier molecular flexibility index (Phi) is 9.22. The fourth-order valence-electron chi connectivity index (χ4n) is 3.21. The largest absolute Gasteiger partial charge is 0.454 e. The molecule has 0 aromatic heterocycles. The minimum atomic E-state index is -0.787.